The van der Waals surface area contributed by atoms with Crippen molar-refractivity contribution in [3.8, 4) is 0 Å². The van der Waals surface area contributed by atoms with E-state index < -0.39 is 0 Å². The van der Waals surface area contributed by atoms with Gasteiger partial charge < -0.3 is 10.1 Å². The molecule has 1 amide bonds. The Kier molecular flexibility index (Phi) is 5.39. The normalized spacial score (nSPS) is 22.6. The summed E-state index contributed by atoms with van der Waals surface area (Å²) >= 11 is 0. The number of carbonyl (C=O) groups excluding carboxylic acids is 1. The standard InChI is InChI=1S/C16H24N2O2/c1-12(2)14-5-7-15(8-6-14)18-16(19)20-11-13-4-3-9-17-10-13/h3-4,9-10,12,14-15H,5-8,11H2,1-2H3,(H,18,19). The van der Waals surface area contributed by atoms with E-state index >= 15 is 0 Å². The highest BCUT2D eigenvalue weighted by atomic mass is 16.5. The molecule has 1 fully saturated rings. The number of nitrogens with one attached hydrogen (secondary N) is 1. The maximum atomic E-state index is 11.7. The van der Waals surface area contributed by atoms with Gasteiger partial charge in [0.2, 0.25) is 0 Å². The third-order valence-electron chi connectivity index (χ3n) is 4.13. The molecule has 110 valence electrons. The van der Waals surface area contributed by atoms with Crippen molar-refractivity contribution in [2.45, 2.75) is 52.2 Å². The summed E-state index contributed by atoms with van der Waals surface area (Å²) in [6.45, 7) is 4.84. The average Bonchev–Trinajstić information content (AvgIpc) is 2.47. The Morgan fingerprint density at radius 2 is 2.15 bits per heavy atom. The molecule has 1 aromatic heterocycles. The first-order valence-electron chi connectivity index (χ1n) is 7.47. The fourth-order valence-corrected chi connectivity index (χ4v) is 2.77. The van der Waals surface area contributed by atoms with E-state index in [-0.39, 0.29) is 18.7 Å². The van der Waals surface area contributed by atoms with Crippen LogP contribution in [0, 0.1) is 11.8 Å². The van der Waals surface area contributed by atoms with Gasteiger partial charge in [0, 0.05) is 24.0 Å². The zero-order chi connectivity index (χ0) is 14.4. The number of amides is 1. The van der Waals surface area contributed by atoms with Crippen molar-refractivity contribution in [3.63, 3.8) is 0 Å². The summed E-state index contributed by atoms with van der Waals surface area (Å²) in [6, 6.07) is 4.00. The molecule has 4 heteroatoms. The minimum absolute atomic E-state index is 0.270. The van der Waals surface area contributed by atoms with Crippen LogP contribution in [0.2, 0.25) is 0 Å². The zero-order valence-electron chi connectivity index (χ0n) is 12.3. The molecule has 0 radical (unpaired) electrons. The molecule has 0 spiro atoms. The van der Waals surface area contributed by atoms with Crippen LogP contribution in [0.4, 0.5) is 4.79 Å². The molecule has 4 nitrogen and oxygen atoms in total. The fraction of sp³-hybridized carbons (Fsp3) is 0.625. The summed E-state index contributed by atoms with van der Waals surface area (Å²) < 4.78 is 5.22. The molecule has 1 aliphatic rings. The molecule has 1 saturated carbocycles. The molecule has 20 heavy (non-hydrogen) atoms. The molecule has 0 saturated heterocycles. The lowest BCUT2D eigenvalue weighted by Gasteiger charge is -2.31. The number of aromatic nitrogens is 1. The van der Waals surface area contributed by atoms with Gasteiger partial charge in [0.25, 0.3) is 0 Å². The summed E-state index contributed by atoms with van der Waals surface area (Å²) in [5.74, 6) is 1.55. The number of rotatable bonds is 4. The van der Waals surface area contributed by atoms with Gasteiger partial charge in [-0.05, 0) is 43.6 Å². The van der Waals surface area contributed by atoms with Gasteiger partial charge in [-0.25, -0.2) is 4.79 Å². The lowest BCUT2D eigenvalue weighted by Crippen LogP contribution is -2.38. The summed E-state index contributed by atoms with van der Waals surface area (Å²) in [6.07, 6.45) is 7.62. The minimum atomic E-state index is -0.318. The minimum Gasteiger partial charge on any atom is -0.445 e. The van der Waals surface area contributed by atoms with Crippen molar-refractivity contribution in [1.29, 1.82) is 0 Å². The van der Waals surface area contributed by atoms with E-state index in [1.165, 1.54) is 12.8 Å². The molecular formula is C16H24N2O2. The highest BCUT2D eigenvalue weighted by molar-refractivity contribution is 5.67. The number of hydrogen-bond donors (Lipinski definition) is 1. The van der Waals surface area contributed by atoms with Crippen molar-refractivity contribution in [2.24, 2.45) is 11.8 Å². The molecule has 0 aromatic carbocycles. The maximum absolute atomic E-state index is 11.7. The third kappa shape index (κ3) is 4.51. The van der Waals surface area contributed by atoms with E-state index in [1.807, 2.05) is 12.1 Å². The second-order valence-corrected chi connectivity index (χ2v) is 5.94. The lowest BCUT2D eigenvalue weighted by atomic mass is 9.80. The number of carbonyl (C=O) groups is 1. The van der Waals surface area contributed by atoms with Crippen molar-refractivity contribution < 1.29 is 9.53 Å². The first-order chi connectivity index (χ1) is 9.65. The van der Waals surface area contributed by atoms with Crippen LogP contribution in [0.25, 0.3) is 0 Å². The van der Waals surface area contributed by atoms with Crippen molar-refractivity contribution >= 4 is 6.09 Å². The van der Waals surface area contributed by atoms with Crippen LogP contribution >= 0.6 is 0 Å². The monoisotopic (exact) mass is 276 g/mol. The van der Waals surface area contributed by atoms with E-state index in [2.05, 4.69) is 24.1 Å². The van der Waals surface area contributed by atoms with Crippen LogP contribution < -0.4 is 5.32 Å². The predicted octanol–water partition coefficient (Wildman–Crippen LogP) is 3.52. The summed E-state index contributed by atoms with van der Waals surface area (Å²) in [5, 5.41) is 2.97. The second kappa shape index (κ2) is 7.27. The van der Waals surface area contributed by atoms with Crippen LogP contribution in [-0.2, 0) is 11.3 Å². The van der Waals surface area contributed by atoms with Crippen LogP contribution in [-0.4, -0.2) is 17.1 Å². The number of pyridine rings is 1. The molecule has 2 rings (SSSR count). The molecule has 0 atom stereocenters. The summed E-state index contributed by atoms with van der Waals surface area (Å²) in [7, 11) is 0. The Labute approximate surface area is 120 Å². The fourth-order valence-electron chi connectivity index (χ4n) is 2.77. The highest BCUT2D eigenvalue weighted by Gasteiger charge is 2.24. The Morgan fingerprint density at radius 1 is 1.40 bits per heavy atom. The third-order valence-corrected chi connectivity index (χ3v) is 4.13. The Hall–Kier alpha value is -1.58. The Balaban J connectivity index is 1.68. The molecular weight excluding hydrogens is 252 g/mol. The number of hydrogen-bond acceptors (Lipinski definition) is 3. The largest absolute Gasteiger partial charge is 0.445 e. The van der Waals surface area contributed by atoms with Crippen LogP contribution in [0.15, 0.2) is 24.5 Å². The number of nitrogens with zero attached hydrogens (tertiary/aromatic N) is 1. The molecule has 0 unspecified atom stereocenters. The maximum Gasteiger partial charge on any atom is 0.407 e. The van der Waals surface area contributed by atoms with Gasteiger partial charge in [0.05, 0.1) is 0 Å². The zero-order valence-corrected chi connectivity index (χ0v) is 12.3. The van der Waals surface area contributed by atoms with Gasteiger partial charge in [0.15, 0.2) is 0 Å². The van der Waals surface area contributed by atoms with Gasteiger partial charge in [-0.1, -0.05) is 19.9 Å². The summed E-state index contributed by atoms with van der Waals surface area (Å²) in [5.41, 5.74) is 0.908. The highest BCUT2D eigenvalue weighted by Crippen LogP contribution is 2.29. The average molecular weight is 276 g/mol. The van der Waals surface area contributed by atoms with Gasteiger partial charge in [-0.2, -0.15) is 0 Å². The topological polar surface area (TPSA) is 51.2 Å². The van der Waals surface area contributed by atoms with Gasteiger partial charge >= 0.3 is 6.09 Å². The van der Waals surface area contributed by atoms with Crippen LogP contribution in [0.3, 0.4) is 0 Å². The number of ether oxygens (including phenoxy) is 1. The van der Waals surface area contributed by atoms with Crippen molar-refractivity contribution in [2.75, 3.05) is 0 Å². The lowest BCUT2D eigenvalue weighted by molar-refractivity contribution is 0.129. The smallest absolute Gasteiger partial charge is 0.407 e. The quantitative estimate of drug-likeness (QED) is 0.915. The summed E-state index contributed by atoms with van der Waals surface area (Å²) in [4.78, 5) is 15.7. The van der Waals surface area contributed by atoms with Crippen LogP contribution in [0.5, 0.6) is 0 Å². The van der Waals surface area contributed by atoms with E-state index in [9.17, 15) is 4.79 Å². The SMILES string of the molecule is CC(C)C1CCC(NC(=O)OCc2cccnc2)CC1. The molecule has 1 aliphatic carbocycles. The van der Waals surface area contributed by atoms with Crippen LogP contribution in [0.1, 0.15) is 45.1 Å². The van der Waals surface area contributed by atoms with Gasteiger partial charge in [-0.15, -0.1) is 0 Å². The van der Waals surface area contributed by atoms with Gasteiger partial charge in [0.1, 0.15) is 6.61 Å². The van der Waals surface area contributed by atoms with E-state index in [4.69, 9.17) is 4.74 Å². The van der Waals surface area contributed by atoms with E-state index in [1.54, 1.807) is 12.4 Å². The first kappa shape index (κ1) is 14.8. The van der Waals surface area contributed by atoms with E-state index in [0.29, 0.717) is 0 Å². The Bertz CT molecular complexity index is 412. The van der Waals surface area contributed by atoms with Crippen molar-refractivity contribution in [1.82, 2.24) is 10.3 Å². The predicted molar refractivity (Wildman–Crippen MR) is 78.1 cm³/mol. The van der Waals surface area contributed by atoms with Crippen molar-refractivity contribution in [3.05, 3.63) is 30.1 Å². The first-order valence-corrected chi connectivity index (χ1v) is 7.47. The second-order valence-electron chi connectivity index (χ2n) is 5.94. The Morgan fingerprint density at radius 3 is 2.75 bits per heavy atom. The van der Waals surface area contributed by atoms with Gasteiger partial charge in [-0.3, -0.25) is 4.98 Å². The molecule has 0 bridgehead atoms. The molecule has 1 N–H and O–H groups in total. The number of alkyl carbamates (subject to hydrolysis) is 1. The molecule has 0 aliphatic heterocycles. The molecule has 1 heterocycles. The molecule has 1 aromatic rings. The van der Waals surface area contributed by atoms with E-state index in [0.717, 1.165) is 30.2 Å².